The number of hydrogen-bond acceptors (Lipinski definition) is 2. The zero-order valence-corrected chi connectivity index (χ0v) is 14.9. The summed E-state index contributed by atoms with van der Waals surface area (Å²) >= 11 is 0. The van der Waals surface area contributed by atoms with Gasteiger partial charge in [-0.05, 0) is 30.3 Å². The number of phenolic OH excluding ortho intramolecular Hbond substituents is 1. The third kappa shape index (κ3) is 2.91. The topological polar surface area (TPSA) is 23.5 Å². The number of hydrogen-bond donors (Lipinski definition) is 1. The van der Waals surface area contributed by atoms with Crippen molar-refractivity contribution in [1.29, 1.82) is 0 Å². The molecular weight excluding hydrogens is 318 g/mol. The Morgan fingerprint density at radius 1 is 0.808 bits per heavy atom. The minimum atomic E-state index is -0.734. The molecule has 130 valence electrons. The zero-order valence-electron chi connectivity index (χ0n) is 14.9. The molecule has 2 heteroatoms. The maximum absolute atomic E-state index is 10.8. The molecule has 0 amide bonds. The number of allylic oxidation sites excluding steroid dienone is 1. The van der Waals surface area contributed by atoms with Crippen LogP contribution in [0.1, 0.15) is 23.6 Å². The lowest BCUT2D eigenvalue weighted by atomic mass is 9.75. The maximum atomic E-state index is 10.8. The first-order chi connectivity index (χ1) is 12.7. The average molecular weight is 341 g/mol. The van der Waals surface area contributed by atoms with Crippen LogP contribution in [0.3, 0.4) is 0 Å². The van der Waals surface area contributed by atoms with E-state index >= 15 is 0 Å². The van der Waals surface area contributed by atoms with E-state index in [0.29, 0.717) is 0 Å². The standard InChI is InChI=1S/C24H23NO/c1-3-19-25(4-2)24(20-13-7-5-8-14-20,21-15-9-6-10-16-21)22-17-11-12-18-23(22)26/h3-19,26H,2H2,1H3/b19-3-. The molecule has 0 radical (unpaired) electrons. The monoisotopic (exact) mass is 341 g/mol. The van der Waals surface area contributed by atoms with Gasteiger partial charge in [0.15, 0.2) is 0 Å². The van der Waals surface area contributed by atoms with Gasteiger partial charge in [0.1, 0.15) is 11.3 Å². The minimum Gasteiger partial charge on any atom is -0.508 e. The number of rotatable bonds is 6. The normalized spacial score (nSPS) is 11.4. The van der Waals surface area contributed by atoms with E-state index in [1.165, 1.54) is 0 Å². The second-order valence-corrected chi connectivity index (χ2v) is 6.03. The third-order valence-corrected chi connectivity index (χ3v) is 4.57. The van der Waals surface area contributed by atoms with Gasteiger partial charge in [0.25, 0.3) is 0 Å². The molecule has 0 atom stereocenters. The van der Waals surface area contributed by atoms with Crippen LogP contribution >= 0.6 is 0 Å². The quantitative estimate of drug-likeness (QED) is 0.585. The van der Waals surface area contributed by atoms with Gasteiger partial charge in [0.2, 0.25) is 0 Å². The fourth-order valence-electron chi connectivity index (χ4n) is 3.52. The van der Waals surface area contributed by atoms with Crippen molar-refractivity contribution >= 4 is 0 Å². The smallest absolute Gasteiger partial charge is 0.123 e. The number of phenols is 1. The van der Waals surface area contributed by atoms with E-state index in [1.54, 1.807) is 12.3 Å². The Labute approximate surface area is 155 Å². The van der Waals surface area contributed by atoms with E-state index in [-0.39, 0.29) is 5.75 Å². The van der Waals surface area contributed by atoms with Gasteiger partial charge in [-0.2, -0.15) is 0 Å². The van der Waals surface area contributed by atoms with Crippen molar-refractivity contribution in [3.05, 3.63) is 127 Å². The van der Waals surface area contributed by atoms with Crippen LogP contribution in [0.2, 0.25) is 0 Å². The molecule has 0 aliphatic heterocycles. The number of aromatic hydroxyl groups is 1. The predicted octanol–water partition coefficient (Wildman–Crippen LogP) is 5.66. The van der Waals surface area contributed by atoms with E-state index in [9.17, 15) is 5.11 Å². The molecule has 0 saturated heterocycles. The number of para-hydroxylation sites is 1. The highest BCUT2D eigenvalue weighted by molar-refractivity contribution is 5.55. The summed E-state index contributed by atoms with van der Waals surface area (Å²) in [7, 11) is 0. The van der Waals surface area contributed by atoms with Crippen LogP contribution in [0.4, 0.5) is 0 Å². The summed E-state index contributed by atoms with van der Waals surface area (Å²) in [5.41, 5.74) is 2.16. The van der Waals surface area contributed by atoms with Crippen LogP contribution in [0.25, 0.3) is 0 Å². The van der Waals surface area contributed by atoms with Gasteiger partial charge in [0, 0.05) is 11.8 Å². The largest absolute Gasteiger partial charge is 0.508 e. The maximum Gasteiger partial charge on any atom is 0.123 e. The first-order valence-electron chi connectivity index (χ1n) is 8.68. The van der Waals surface area contributed by atoms with Crippen LogP contribution in [0.15, 0.2) is 110 Å². The Hall–Kier alpha value is -3.26. The van der Waals surface area contributed by atoms with Crippen LogP contribution in [0, 0.1) is 0 Å². The van der Waals surface area contributed by atoms with Crippen molar-refractivity contribution in [2.45, 2.75) is 12.5 Å². The van der Waals surface area contributed by atoms with E-state index in [0.717, 1.165) is 16.7 Å². The second-order valence-electron chi connectivity index (χ2n) is 6.03. The lowest BCUT2D eigenvalue weighted by Crippen LogP contribution is -2.42. The van der Waals surface area contributed by atoms with Crippen molar-refractivity contribution in [2.24, 2.45) is 0 Å². The molecule has 0 bridgehead atoms. The molecule has 3 aromatic carbocycles. The van der Waals surface area contributed by atoms with E-state index in [4.69, 9.17) is 0 Å². The fraction of sp³-hybridized carbons (Fsp3) is 0.0833. The summed E-state index contributed by atoms with van der Waals surface area (Å²) in [4.78, 5) is 2.05. The van der Waals surface area contributed by atoms with Gasteiger partial charge in [-0.25, -0.2) is 0 Å². The molecule has 0 saturated carbocycles. The van der Waals surface area contributed by atoms with Crippen molar-refractivity contribution < 1.29 is 5.11 Å². The highest BCUT2D eigenvalue weighted by Gasteiger charge is 2.41. The summed E-state index contributed by atoms with van der Waals surface area (Å²) in [6.45, 7) is 6.02. The van der Waals surface area contributed by atoms with Gasteiger partial charge in [-0.1, -0.05) is 91.5 Å². The molecule has 2 nitrogen and oxygen atoms in total. The molecule has 3 aromatic rings. The Kier molecular flexibility index (Phi) is 5.23. The SMILES string of the molecule is C=CN(/C=C\C)C(c1ccccc1)(c1ccccc1)c1ccccc1O. The molecule has 0 heterocycles. The molecule has 0 aliphatic carbocycles. The Balaban J connectivity index is 2.47. The van der Waals surface area contributed by atoms with E-state index < -0.39 is 5.54 Å². The van der Waals surface area contributed by atoms with E-state index in [1.807, 2.05) is 78.7 Å². The first kappa shape index (κ1) is 17.6. The van der Waals surface area contributed by atoms with Gasteiger partial charge in [-0.3, -0.25) is 0 Å². The van der Waals surface area contributed by atoms with Gasteiger partial charge < -0.3 is 10.0 Å². The summed E-state index contributed by atoms with van der Waals surface area (Å²) < 4.78 is 0. The summed E-state index contributed by atoms with van der Waals surface area (Å²) in [6, 6.07) is 27.9. The molecule has 0 fully saturated rings. The van der Waals surface area contributed by atoms with Crippen molar-refractivity contribution in [2.75, 3.05) is 0 Å². The minimum absolute atomic E-state index is 0.247. The van der Waals surface area contributed by atoms with Crippen molar-refractivity contribution in [1.82, 2.24) is 4.90 Å². The summed E-state index contributed by atoms with van der Waals surface area (Å²) in [6.07, 6.45) is 5.76. The van der Waals surface area contributed by atoms with Crippen LogP contribution in [-0.4, -0.2) is 10.0 Å². The lowest BCUT2D eigenvalue weighted by Gasteiger charge is -2.43. The highest BCUT2D eigenvalue weighted by atomic mass is 16.3. The van der Waals surface area contributed by atoms with Crippen molar-refractivity contribution in [3.8, 4) is 5.75 Å². The third-order valence-electron chi connectivity index (χ3n) is 4.57. The number of benzene rings is 3. The Bertz CT molecular complexity index is 845. The molecule has 1 N–H and O–H groups in total. The molecule has 0 aliphatic rings. The molecular formula is C24H23NO. The molecule has 26 heavy (non-hydrogen) atoms. The van der Waals surface area contributed by atoms with Gasteiger partial charge in [0.05, 0.1) is 0 Å². The first-order valence-corrected chi connectivity index (χ1v) is 8.68. The molecule has 0 aromatic heterocycles. The van der Waals surface area contributed by atoms with Crippen LogP contribution < -0.4 is 0 Å². The van der Waals surface area contributed by atoms with Crippen LogP contribution in [-0.2, 0) is 5.54 Å². The Morgan fingerprint density at radius 2 is 1.31 bits per heavy atom. The number of nitrogens with zero attached hydrogens (tertiary/aromatic N) is 1. The predicted molar refractivity (Wildman–Crippen MR) is 108 cm³/mol. The van der Waals surface area contributed by atoms with Gasteiger partial charge >= 0.3 is 0 Å². The van der Waals surface area contributed by atoms with Crippen LogP contribution in [0.5, 0.6) is 5.75 Å². The summed E-state index contributed by atoms with van der Waals surface area (Å²) in [5.74, 6) is 0.247. The zero-order chi connectivity index (χ0) is 18.4. The molecule has 3 rings (SSSR count). The highest BCUT2D eigenvalue weighted by Crippen LogP contribution is 2.45. The lowest BCUT2D eigenvalue weighted by molar-refractivity contribution is 0.304. The molecule has 0 unspecified atom stereocenters. The second kappa shape index (κ2) is 7.75. The van der Waals surface area contributed by atoms with Gasteiger partial charge in [-0.15, -0.1) is 0 Å². The Morgan fingerprint density at radius 3 is 1.77 bits per heavy atom. The molecule has 0 spiro atoms. The summed E-state index contributed by atoms with van der Waals surface area (Å²) in [5, 5.41) is 10.8. The van der Waals surface area contributed by atoms with Crippen molar-refractivity contribution in [3.63, 3.8) is 0 Å². The van der Waals surface area contributed by atoms with E-state index in [2.05, 4.69) is 30.8 Å². The fourth-order valence-corrected chi connectivity index (χ4v) is 3.52. The average Bonchev–Trinajstić information content (AvgIpc) is 2.70.